The third-order valence-corrected chi connectivity index (χ3v) is 2.06. The van der Waals surface area contributed by atoms with E-state index in [0.29, 0.717) is 6.54 Å². The van der Waals surface area contributed by atoms with E-state index in [2.05, 4.69) is 10.6 Å². The van der Waals surface area contributed by atoms with E-state index in [0.717, 1.165) is 11.3 Å². The Labute approximate surface area is 106 Å². The van der Waals surface area contributed by atoms with Crippen LogP contribution in [0.4, 0.5) is 5.69 Å². The van der Waals surface area contributed by atoms with Crippen LogP contribution in [0.2, 0.25) is 0 Å². The maximum Gasteiger partial charge on any atom is 0.217 e. The molecule has 0 aromatic heterocycles. The molecule has 0 saturated heterocycles. The summed E-state index contributed by atoms with van der Waals surface area (Å²) in [7, 11) is 0. The molecule has 1 rings (SSSR count). The quantitative estimate of drug-likeness (QED) is 0.707. The van der Waals surface area contributed by atoms with Crippen molar-refractivity contribution in [2.75, 3.05) is 11.9 Å². The molecule has 17 heavy (non-hydrogen) atoms. The zero-order valence-electron chi connectivity index (χ0n) is 9.57. The van der Waals surface area contributed by atoms with Crippen LogP contribution >= 0.6 is 12.2 Å². The van der Waals surface area contributed by atoms with E-state index in [1.54, 1.807) is 0 Å². The van der Waals surface area contributed by atoms with Gasteiger partial charge in [0.1, 0.15) is 0 Å². The van der Waals surface area contributed by atoms with E-state index in [-0.39, 0.29) is 11.0 Å². The molecule has 0 aliphatic carbocycles. The topological polar surface area (TPSA) is 67.2 Å². The number of rotatable bonds is 4. The normalized spacial score (nSPS) is 10.2. The minimum absolute atomic E-state index is 0.0364. The number of carbonyl (C=O) groups is 1. The largest absolute Gasteiger partial charge is 0.376 e. The standard InChI is InChI=1S/C12H15N3OS/c1-9(16)14-8-2-3-10-4-6-11(7-5-10)15-12(13)17/h2-7H,8H2,1H3,(H,14,16)(H3,13,15,17). The summed E-state index contributed by atoms with van der Waals surface area (Å²) in [6.45, 7) is 2.02. The van der Waals surface area contributed by atoms with Crippen LogP contribution in [0.15, 0.2) is 30.3 Å². The first-order valence-corrected chi connectivity index (χ1v) is 5.56. The van der Waals surface area contributed by atoms with Gasteiger partial charge < -0.3 is 16.4 Å². The Morgan fingerprint density at radius 1 is 1.41 bits per heavy atom. The number of amides is 1. The van der Waals surface area contributed by atoms with E-state index in [9.17, 15) is 4.79 Å². The second-order valence-corrected chi connectivity index (χ2v) is 3.89. The van der Waals surface area contributed by atoms with Gasteiger partial charge in [-0.05, 0) is 29.9 Å². The van der Waals surface area contributed by atoms with Crippen LogP contribution in [0, 0.1) is 0 Å². The van der Waals surface area contributed by atoms with Gasteiger partial charge in [-0.1, -0.05) is 24.3 Å². The molecule has 0 radical (unpaired) electrons. The minimum Gasteiger partial charge on any atom is -0.376 e. The van der Waals surface area contributed by atoms with E-state index in [4.69, 9.17) is 18.0 Å². The van der Waals surface area contributed by atoms with Gasteiger partial charge in [-0.3, -0.25) is 4.79 Å². The highest BCUT2D eigenvalue weighted by molar-refractivity contribution is 7.80. The van der Waals surface area contributed by atoms with Gasteiger partial charge in [-0.15, -0.1) is 0 Å². The molecular formula is C12H15N3OS. The lowest BCUT2D eigenvalue weighted by molar-refractivity contribution is -0.118. The highest BCUT2D eigenvalue weighted by Crippen LogP contribution is 2.10. The Balaban J connectivity index is 2.50. The molecule has 0 spiro atoms. The van der Waals surface area contributed by atoms with Crippen molar-refractivity contribution in [1.82, 2.24) is 5.32 Å². The van der Waals surface area contributed by atoms with E-state index in [1.165, 1.54) is 6.92 Å². The molecule has 0 fully saturated rings. The monoisotopic (exact) mass is 249 g/mol. The third kappa shape index (κ3) is 5.67. The van der Waals surface area contributed by atoms with Crippen LogP contribution in [0.1, 0.15) is 12.5 Å². The van der Waals surface area contributed by atoms with Crippen molar-refractivity contribution in [1.29, 1.82) is 0 Å². The summed E-state index contributed by atoms with van der Waals surface area (Å²) in [6.07, 6.45) is 3.82. The molecule has 4 nitrogen and oxygen atoms in total. The maximum atomic E-state index is 10.6. The molecule has 1 aromatic rings. The second-order valence-electron chi connectivity index (χ2n) is 3.45. The smallest absolute Gasteiger partial charge is 0.217 e. The van der Waals surface area contributed by atoms with Crippen LogP contribution < -0.4 is 16.4 Å². The fourth-order valence-corrected chi connectivity index (χ4v) is 1.34. The summed E-state index contributed by atoms with van der Waals surface area (Å²) in [5, 5.41) is 5.77. The summed E-state index contributed by atoms with van der Waals surface area (Å²) in [5.74, 6) is -0.0364. The summed E-state index contributed by atoms with van der Waals surface area (Å²) >= 11 is 4.73. The number of hydrogen-bond donors (Lipinski definition) is 3. The molecule has 5 heteroatoms. The van der Waals surface area contributed by atoms with Crippen molar-refractivity contribution in [3.63, 3.8) is 0 Å². The molecule has 0 heterocycles. The third-order valence-electron chi connectivity index (χ3n) is 1.96. The summed E-state index contributed by atoms with van der Waals surface area (Å²) in [5.41, 5.74) is 7.26. The highest BCUT2D eigenvalue weighted by Gasteiger charge is 1.92. The predicted octanol–water partition coefficient (Wildman–Crippen LogP) is 1.49. The van der Waals surface area contributed by atoms with Crippen molar-refractivity contribution < 1.29 is 4.79 Å². The molecule has 1 aromatic carbocycles. The average Bonchev–Trinajstić information content (AvgIpc) is 2.25. The Kier molecular flexibility index (Phi) is 5.16. The van der Waals surface area contributed by atoms with Gasteiger partial charge in [-0.25, -0.2) is 0 Å². The van der Waals surface area contributed by atoms with Gasteiger partial charge in [0, 0.05) is 19.2 Å². The van der Waals surface area contributed by atoms with Crippen molar-refractivity contribution in [2.24, 2.45) is 5.73 Å². The van der Waals surface area contributed by atoms with Crippen molar-refractivity contribution in [3.05, 3.63) is 35.9 Å². The lowest BCUT2D eigenvalue weighted by atomic mass is 10.2. The zero-order valence-corrected chi connectivity index (χ0v) is 10.4. The molecule has 0 atom stereocenters. The fourth-order valence-electron chi connectivity index (χ4n) is 1.22. The number of hydrogen-bond acceptors (Lipinski definition) is 2. The molecule has 0 saturated carbocycles. The van der Waals surface area contributed by atoms with Crippen LogP contribution in [0.25, 0.3) is 6.08 Å². The Morgan fingerprint density at radius 3 is 2.59 bits per heavy atom. The molecular weight excluding hydrogens is 234 g/mol. The number of thiocarbonyl (C=S) groups is 1. The van der Waals surface area contributed by atoms with Gasteiger partial charge in [0.15, 0.2) is 5.11 Å². The van der Waals surface area contributed by atoms with Gasteiger partial charge >= 0.3 is 0 Å². The van der Waals surface area contributed by atoms with Crippen LogP contribution in [-0.4, -0.2) is 17.6 Å². The first-order chi connectivity index (χ1) is 8.08. The second kappa shape index (κ2) is 6.65. The van der Waals surface area contributed by atoms with Gasteiger partial charge in [0.25, 0.3) is 0 Å². The van der Waals surface area contributed by atoms with Crippen LogP contribution in [0.5, 0.6) is 0 Å². The SMILES string of the molecule is CC(=O)NCC=Cc1ccc(NC(N)=S)cc1. The minimum atomic E-state index is -0.0364. The van der Waals surface area contributed by atoms with Crippen molar-refractivity contribution in [3.8, 4) is 0 Å². The molecule has 0 aliphatic heterocycles. The zero-order chi connectivity index (χ0) is 12.7. The van der Waals surface area contributed by atoms with Crippen molar-refractivity contribution >= 4 is 35.0 Å². The lowest BCUT2D eigenvalue weighted by Gasteiger charge is -2.03. The summed E-state index contributed by atoms with van der Waals surface area (Å²) in [6, 6.07) is 7.64. The Hall–Kier alpha value is -1.88. The maximum absolute atomic E-state index is 10.6. The lowest BCUT2D eigenvalue weighted by Crippen LogP contribution is -2.19. The van der Waals surface area contributed by atoms with Crippen LogP contribution in [0.3, 0.4) is 0 Å². The fraction of sp³-hybridized carbons (Fsp3) is 0.167. The highest BCUT2D eigenvalue weighted by atomic mass is 32.1. The Bertz CT molecular complexity index is 426. The molecule has 0 unspecified atom stereocenters. The number of benzene rings is 1. The van der Waals surface area contributed by atoms with Gasteiger partial charge in [0.05, 0.1) is 0 Å². The number of carbonyl (C=O) groups excluding carboxylic acids is 1. The first kappa shape index (κ1) is 13.2. The molecule has 4 N–H and O–H groups in total. The first-order valence-electron chi connectivity index (χ1n) is 5.15. The number of anilines is 1. The van der Waals surface area contributed by atoms with E-state index in [1.807, 2.05) is 36.4 Å². The molecule has 1 amide bonds. The molecule has 0 aliphatic rings. The Morgan fingerprint density at radius 2 is 2.06 bits per heavy atom. The predicted molar refractivity (Wildman–Crippen MR) is 74.6 cm³/mol. The van der Waals surface area contributed by atoms with Gasteiger partial charge in [-0.2, -0.15) is 0 Å². The average molecular weight is 249 g/mol. The van der Waals surface area contributed by atoms with Crippen LogP contribution in [-0.2, 0) is 4.79 Å². The van der Waals surface area contributed by atoms with Crippen molar-refractivity contribution in [2.45, 2.75) is 6.92 Å². The summed E-state index contributed by atoms with van der Waals surface area (Å²) < 4.78 is 0. The van der Waals surface area contributed by atoms with E-state index < -0.39 is 0 Å². The number of nitrogens with one attached hydrogen (secondary N) is 2. The molecule has 0 bridgehead atoms. The number of nitrogens with two attached hydrogens (primary N) is 1. The van der Waals surface area contributed by atoms with E-state index >= 15 is 0 Å². The molecule has 90 valence electrons. The summed E-state index contributed by atoms with van der Waals surface area (Å²) in [4.78, 5) is 10.6. The van der Waals surface area contributed by atoms with Gasteiger partial charge in [0.2, 0.25) is 5.91 Å².